The molecule has 22 heavy (non-hydrogen) atoms. The smallest absolute Gasteiger partial charge is 0.178 e. The third-order valence-corrected chi connectivity index (χ3v) is 5.95. The summed E-state index contributed by atoms with van der Waals surface area (Å²) >= 11 is 3.48. The third-order valence-electron chi connectivity index (χ3n) is 3.15. The first-order valence-electron chi connectivity index (χ1n) is 7.01. The largest absolute Gasteiger partial charge is 0.383 e. The lowest BCUT2D eigenvalue weighted by Crippen LogP contribution is -2.20. The lowest BCUT2D eigenvalue weighted by atomic mass is 10.0. The molecule has 2 aromatic rings. The Kier molecular flexibility index (Phi) is 4.99. The molecular formula is C15H21BrN2O3S. The van der Waals surface area contributed by atoms with E-state index in [1.807, 2.05) is 25.5 Å². The highest BCUT2D eigenvalue weighted by Crippen LogP contribution is 2.30. The molecule has 0 atom stereocenters. The second-order valence-electron chi connectivity index (χ2n) is 6.52. The van der Waals surface area contributed by atoms with E-state index >= 15 is 0 Å². The van der Waals surface area contributed by atoms with Gasteiger partial charge >= 0.3 is 0 Å². The zero-order valence-electron chi connectivity index (χ0n) is 13.3. The predicted molar refractivity (Wildman–Crippen MR) is 90.8 cm³/mol. The van der Waals surface area contributed by atoms with Crippen LogP contribution in [-0.2, 0) is 21.1 Å². The Bertz CT molecular complexity index is 776. The molecule has 1 heterocycles. The molecule has 1 aromatic heterocycles. The van der Waals surface area contributed by atoms with Gasteiger partial charge in [0.1, 0.15) is 0 Å². The van der Waals surface area contributed by atoms with Crippen molar-refractivity contribution in [2.45, 2.75) is 32.2 Å². The standard InChI is InChI=1S/C15H21BrN2O3S/c1-15(2,3)10-22(19,20)12-7-11-9-17-18(5-6-21-4)14(11)13(16)8-12/h7-9H,5-6,10H2,1-4H3. The summed E-state index contributed by atoms with van der Waals surface area (Å²) in [6.45, 7) is 6.92. The highest BCUT2D eigenvalue weighted by atomic mass is 79.9. The molecule has 0 aliphatic carbocycles. The number of rotatable bonds is 5. The summed E-state index contributed by atoms with van der Waals surface area (Å²) in [7, 11) is -1.69. The summed E-state index contributed by atoms with van der Waals surface area (Å²) in [5.74, 6) is 0.107. The van der Waals surface area contributed by atoms with Gasteiger partial charge in [-0.2, -0.15) is 5.10 Å². The van der Waals surface area contributed by atoms with Crippen molar-refractivity contribution >= 4 is 36.7 Å². The number of fused-ring (bicyclic) bond motifs is 1. The number of sulfone groups is 1. The van der Waals surface area contributed by atoms with Crippen molar-refractivity contribution in [2.24, 2.45) is 5.41 Å². The van der Waals surface area contributed by atoms with Crippen molar-refractivity contribution in [2.75, 3.05) is 19.5 Å². The number of nitrogens with zero attached hydrogens (tertiary/aromatic N) is 2. The fraction of sp³-hybridized carbons (Fsp3) is 0.533. The van der Waals surface area contributed by atoms with Crippen LogP contribution in [0.2, 0.25) is 0 Å². The number of halogens is 1. The lowest BCUT2D eigenvalue weighted by molar-refractivity contribution is 0.185. The number of aromatic nitrogens is 2. The normalized spacial score (nSPS) is 13.0. The highest BCUT2D eigenvalue weighted by molar-refractivity contribution is 9.10. The molecule has 0 fully saturated rings. The molecule has 1 aromatic carbocycles. The Morgan fingerprint density at radius 1 is 1.32 bits per heavy atom. The van der Waals surface area contributed by atoms with Crippen molar-refractivity contribution in [3.63, 3.8) is 0 Å². The SMILES string of the molecule is COCCn1ncc2cc(S(=O)(=O)CC(C)(C)C)cc(Br)c21. The first-order chi connectivity index (χ1) is 10.1. The molecule has 7 heteroatoms. The van der Waals surface area contributed by atoms with Crippen LogP contribution in [0.15, 0.2) is 27.7 Å². The third kappa shape index (κ3) is 3.88. The number of methoxy groups -OCH3 is 1. The van der Waals surface area contributed by atoms with Crippen LogP contribution in [0, 0.1) is 5.41 Å². The van der Waals surface area contributed by atoms with Gasteiger partial charge in [0.2, 0.25) is 0 Å². The fourth-order valence-corrected chi connectivity index (χ4v) is 5.08. The van der Waals surface area contributed by atoms with Gasteiger partial charge in [0.25, 0.3) is 0 Å². The van der Waals surface area contributed by atoms with Gasteiger partial charge in [0.15, 0.2) is 9.84 Å². The zero-order chi connectivity index (χ0) is 16.5. The van der Waals surface area contributed by atoms with Crippen molar-refractivity contribution in [3.8, 4) is 0 Å². The predicted octanol–water partition coefficient (Wildman–Crippen LogP) is 3.27. The number of ether oxygens (including phenoxy) is 1. The van der Waals surface area contributed by atoms with Gasteiger partial charge < -0.3 is 4.74 Å². The maximum Gasteiger partial charge on any atom is 0.178 e. The number of hydrogen-bond donors (Lipinski definition) is 0. The second kappa shape index (κ2) is 6.29. The molecule has 2 rings (SSSR count). The Balaban J connectivity index is 2.47. The molecule has 0 amide bonds. The molecule has 122 valence electrons. The van der Waals surface area contributed by atoms with Crippen LogP contribution in [0.3, 0.4) is 0 Å². The van der Waals surface area contributed by atoms with Gasteiger partial charge in [-0.3, -0.25) is 4.68 Å². The minimum Gasteiger partial charge on any atom is -0.383 e. The summed E-state index contributed by atoms with van der Waals surface area (Å²) < 4.78 is 32.7. The fourth-order valence-electron chi connectivity index (χ4n) is 2.34. The van der Waals surface area contributed by atoms with Gasteiger partial charge in [-0.25, -0.2) is 8.42 Å². The molecule has 0 saturated heterocycles. The molecule has 0 spiro atoms. The molecule has 0 radical (unpaired) electrons. The van der Waals surface area contributed by atoms with E-state index < -0.39 is 9.84 Å². The van der Waals surface area contributed by atoms with Crippen LogP contribution in [0.5, 0.6) is 0 Å². The molecule has 0 aliphatic rings. The molecule has 0 saturated carbocycles. The molecule has 0 unspecified atom stereocenters. The van der Waals surface area contributed by atoms with Crippen LogP contribution in [0.4, 0.5) is 0 Å². The van der Waals surface area contributed by atoms with Gasteiger partial charge in [-0.1, -0.05) is 20.8 Å². The average molecular weight is 389 g/mol. The van der Waals surface area contributed by atoms with E-state index in [1.54, 1.807) is 25.4 Å². The summed E-state index contributed by atoms with van der Waals surface area (Å²) in [6, 6.07) is 3.35. The minimum atomic E-state index is -3.33. The van der Waals surface area contributed by atoms with Crippen molar-refractivity contribution in [1.29, 1.82) is 0 Å². The Morgan fingerprint density at radius 3 is 2.59 bits per heavy atom. The molecule has 0 bridgehead atoms. The van der Waals surface area contributed by atoms with Crippen molar-refractivity contribution in [3.05, 3.63) is 22.8 Å². The van der Waals surface area contributed by atoms with Crippen molar-refractivity contribution in [1.82, 2.24) is 9.78 Å². The Labute approximate surface area is 139 Å². The Morgan fingerprint density at radius 2 is 2.00 bits per heavy atom. The van der Waals surface area contributed by atoms with Gasteiger partial charge in [0.05, 0.1) is 35.5 Å². The van der Waals surface area contributed by atoms with Crippen LogP contribution in [-0.4, -0.2) is 37.7 Å². The monoisotopic (exact) mass is 388 g/mol. The van der Waals surface area contributed by atoms with E-state index in [-0.39, 0.29) is 11.2 Å². The number of benzene rings is 1. The van der Waals surface area contributed by atoms with Crippen LogP contribution in [0.25, 0.3) is 10.9 Å². The van der Waals surface area contributed by atoms with Crippen LogP contribution >= 0.6 is 15.9 Å². The molecule has 0 aliphatic heterocycles. The van der Waals surface area contributed by atoms with E-state index in [0.29, 0.717) is 18.0 Å². The van der Waals surface area contributed by atoms with Crippen LogP contribution in [0.1, 0.15) is 20.8 Å². The van der Waals surface area contributed by atoms with Gasteiger partial charge in [-0.05, 0) is 33.5 Å². The van der Waals surface area contributed by atoms with E-state index in [0.717, 1.165) is 15.4 Å². The molecular weight excluding hydrogens is 368 g/mol. The maximum absolute atomic E-state index is 12.6. The van der Waals surface area contributed by atoms with E-state index in [1.165, 1.54) is 0 Å². The topological polar surface area (TPSA) is 61.2 Å². The number of hydrogen-bond acceptors (Lipinski definition) is 4. The Hall–Kier alpha value is -0.920. The van der Waals surface area contributed by atoms with E-state index in [9.17, 15) is 8.42 Å². The van der Waals surface area contributed by atoms with Crippen LogP contribution < -0.4 is 0 Å². The van der Waals surface area contributed by atoms with Gasteiger partial charge in [0, 0.05) is 17.0 Å². The first kappa shape index (κ1) is 17.4. The second-order valence-corrected chi connectivity index (χ2v) is 9.37. The summed E-state index contributed by atoms with van der Waals surface area (Å²) in [6.07, 6.45) is 1.69. The lowest BCUT2D eigenvalue weighted by Gasteiger charge is -2.18. The summed E-state index contributed by atoms with van der Waals surface area (Å²) in [5.41, 5.74) is 0.592. The van der Waals surface area contributed by atoms with E-state index in [2.05, 4.69) is 21.0 Å². The van der Waals surface area contributed by atoms with Crippen molar-refractivity contribution < 1.29 is 13.2 Å². The van der Waals surface area contributed by atoms with E-state index in [4.69, 9.17) is 4.74 Å². The summed E-state index contributed by atoms with van der Waals surface area (Å²) in [5, 5.41) is 5.11. The first-order valence-corrected chi connectivity index (χ1v) is 9.45. The zero-order valence-corrected chi connectivity index (χ0v) is 15.7. The quantitative estimate of drug-likeness (QED) is 0.788. The highest BCUT2D eigenvalue weighted by Gasteiger charge is 2.25. The van der Waals surface area contributed by atoms with Gasteiger partial charge in [-0.15, -0.1) is 0 Å². The average Bonchev–Trinajstić information content (AvgIpc) is 2.77. The molecule has 0 N–H and O–H groups in total. The summed E-state index contributed by atoms with van der Waals surface area (Å²) in [4.78, 5) is 0.327. The maximum atomic E-state index is 12.6. The molecule has 5 nitrogen and oxygen atoms in total. The minimum absolute atomic E-state index is 0.107.